The van der Waals surface area contributed by atoms with E-state index in [4.69, 9.17) is 0 Å². The molecule has 1 saturated heterocycles. The molecule has 0 aliphatic carbocycles. The second kappa shape index (κ2) is 5.56. The van der Waals surface area contributed by atoms with E-state index in [1.165, 1.54) is 35.9 Å². The molecule has 0 aromatic heterocycles. The number of piperidine rings is 1. The molecular weight excluding hydrogens is 271 g/mol. The van der Waals surface area contributed by atoms with Gasteiger partial charge in [0.1, 0.15) is 5.82 Å². The van der Waals surface area contributed by atoms with Gasteiger partial charge >= 0.3 is 0 Å². The maximum atomic E-state index is 14.0. The van der Waals surface area contributed by atoms with E-state index in [2.05, 4.69) is 11.9 Å². The molecule has 1 aromatic carbocycles. The molecule has 1 unspecified atom stereocenters. The number of fused-ring (bicyclic) bond motifs is 1. The molecule has 0 N–H and O–H groups in total. The van der Waals surface area contributed by atoms with Gasteiger partial charge in [-0.3, -0.25) is 9.59 Å². The van der Waals surface area contributed by atoms with Gasteiger partial charge in [-0.1, -0.05) is 12.5 Å². The van der Waals surface area contributed by atoms with Crippen LogP contribution in [0.5, 0.6) is 0 Å². The number of anilines is 1. The van der Waals surface area contributed by atoms with Gasteiger partial charge in [0.15, 0.2) is 0 Å². The predicted octanol–water partition coefficient (Wildman–Crippen LogP) is 2.23. The summed E-state index contributed by atoms with van der Waals surface area (Å²) in [6.45, 7) is 1.45. The standard InChI is InChI=1S/C16H19FN2O2/c1-18-9-3-2-5-11(18)8-10-19-14-12(15(20)16(19)21)6-4-7-13(14)17/h4,6-7,11H,2-3,5,8-10H2,1H3. The van der Waals surface area contributed by atoms with Gasteiger partial charge in [0, 0.05) is 12.6 Å². The highest BCUT2D eigenvalue weighted by molar-refractivity contribution is 6.52. The van der Waals surface area contributed by atoms with Crippen molar-refractivity contribution in [2.45, 2.75) is 31.7 Å². The minimum absolute atomic E-state index is 0.158. The van der Waals surface area contributed by atoms with Gasteiger partial charge in [-0.15, -0.1) is 0 Å². The molecule has 2 aliphatic rings. The van der Waals surface area contributed by atoms with Gasteiger partial charge in [0.25, 0.3) is 11.7 Å². The van der Waals surface area contributed by atoms with E-state index in [9.17, 15) is 14.0 Å². The number of amides is 1. The van der Waals surface area contributed by atoms with Crippen molar-refractivity contribution in [2.24, 2.45) is 0 Å². The third-order valence-corrected chi connectivity index (χ3v) is 4.55. The van der Waals surface area contributed by atoms with E-state index >= 15 is 0 Å². The largest absolute Gasteiger partial charge is 0.303 e. The Morgan fingerprint density at radius 2 is 2.10 bits per heavy atom. The van der Waals surface area contributed by atoms with Gasteiger partial charge in [-0.2, -0.15) is 0 Å². The molecule has 2 heterocycles. The van der Waals surface area contributed by atoms with Crippen LogP contribution in [-0.4, -0.2) is 42.8 Å². The van der Waals surface area contributed by atoms with Crippen LogP contribution in [0.25, 0.3) is 0 Å². The zero-order chi connectivity index (χ0) is 15.0. The molecule has 112 valence electrons. The van der Waals surface area contributed by atoms with Crippen molar-refractivity contribution < 1.29 is 14.0 Å². The van der Waals surface area contributed by atoms with Gasteiger partial charge in [0.2, 0.25) is 0 Å². The summed E-state index contributed by atoms with van der Waals surface area (Å²) in [5, 5.41) is 0. The third-order valence-electron chi connectivity index (χ3n) is 4.55. The third kappa shape index (κ3) is 2.46. The molecule has 2 aliphatic heterocycles. The molecular formula is C16H19FN2O2. The van der Waals surface area contributed by atoms with Crippen molar-refractivity contribution in [3.8, 4) is 0 Å². The van der Waals surface area contributed by atoms with E-state index in [1.54, 1.807) is 0 Å². The van der Waals surface area contributed by atoms with Crippen LogP contribution in [-0.2, 0) is 4.79 Å². The van der Waals surface area contributed by atoms with Crippen molar-refractivity contribution in [1.82, 2.24) is 4.90 Å². The van der Waals surface area contributed by atoms with Crippen LogP contribution in [0.15, 0.2) is 18.2 Å². The van der Waals surface area contributed by atoms with Crippen LogP contribution in [0, 0.1) is 5.82 Å². The minimum atomic E-state index is -0.603. The lowest BCUT2D eigenvalue weighted by molar-refractivity contribution is -0.114. The summed E-state index contributed by atoms with van der Waals surface area (Å²) in [5.74, 6) is -1.70. The fourth-order valence-electron chi connectivity index (χ4n) is 3.31. The summed E-state index contributed by atoms with van der Waals surface area (Å²) < 4.78 is 14.0. The Balaban J connectivity index is 1.77. The fraction of sp³-hybridized carbons (Fsp3) is 0.500. The van der Waals surface area contributed by atoms with Crippen molar-refractivity contribution in [3.63, 3.8) is 0 Å². The van der Waals surface area contributed by atoms with Crippen LogP contribution in [0.1, 0.15) is 36.0 Å². The fourth-order valence-corrected chi connectivity index (χ4v) is 3.31. The van der Waals surface area contributed by atoms with Crippen molar-refractivity contribution in [3.05, 3.63) is 29.6 Å². The first-order valence-electron chi connectivity index (χ1n) is 7.44. The zero-order valence-electron chi connectivity index (χ0n) is 12.1. The number of benzene rings is 1. The second-order valence-electron chi connectivity index (χ2n) is 5.84. The number of carbonyl (C=O) groups is 2. The molecule has 0 bridgehead atoms. The summed E-state index contributed by atoms with van der Waals surface area (Å²) in [6, 6.07) is 4.69. The lowest BCUT2D eigenvalue weighted by Gasteiger charge is -2.33. The molecule has 21 heavy (non-hydrogen) atoms. The predicted molar refractivity (Wildman–Crippen MR) is 78.0 cm³/mol. The Hall–Kier alpha value is -1.75. The number of hydrogen-bond acceptors (Lipinski definition) is 3. The van der Waals surface area contributed by atoms with Crippen LogP contribution >= 0.6 is 0 Å². The maximum Gasteiger partial charge on any atom is 0.299 e. The lowest BCUT2D eigenvalue weighted by atomic mass is 10.00. The summed E-state index contributed by atoms with van der Waals surface area (Å²) in [6.07, 6.45) is 4.25. The quantitative estimate of drug-likeness (QED) is 0.802. The first kappa shape index (κ1) is 14.2. The molecule has 0 saturated carbocycles. The van der Waals surface area contributed by atoms with Crippen LogP contribution in [0.4, 0.5) is 10.1 Å². The molecule has 1 atom stereocenters. The molecule has 1 amide bonds. The maximum absolute atomic E-state index is 14.0. The van der Waals surface area contributed by atoms with Gasteiger partial charge in [-0.25, -0.2) is 4.39 Å². The van der Waals surface area contributed by atoms with Crippen molar-refractivity contribution >= 4 is 17.4 Å². The normalized spacial score (nSPS) is 22.8. The van der Waals surface area contributed by atoms with Gasteiger partial charge in [-0.05, 0) is 45.0 Å². The smallest absolute Gasteiger partial charge is 0.299 e. The molecule has 4 nitrogen and oxygen atoms in total. The summed E-state index contributed by atoms with van der Waals surface area (Å²) in [5.41, 5.74) is 0.350. The summed E-state index contributed by atoms with van der Waals surface area (Å²) in [4.78, 5) is 27.6. The van der Waals surface area contributed by atoms with Crippen LogP contribution < -0.4 is 4.90 Å². The number of rotatable bonds is 3. The average molecular weight is 290 g/mol. The molecule has 0 radical (unpaired) electrons. The van der Waals surface area contributed by atoms with Crippen LogP contribution in [0.3, 0.4) is 0 Å². The Morgan fingerprint density at radius 1 is 1.29 bits per heavy atom. The van der Waals surface area contributed by atoms with Gasteiger partial charge in [0.05, 0.1) is 11.3 Å². The SMILES string of the molecule is CN1CCCCC1CCN1C(=O)C(=O)c2cccc(F)c21. The molecule has 5 heteroatoms. The number of likely N-dealkylation sites (tertiary alicyclic amines) is 1. The Kier molecular flexibility index (Phi) is 3.76. The lowest BCUT2D eigenvalue weighted by Crippen LogP contribution is -2.40. The highest BCUT2D eigenvalue weighted by atomic mass is 19.1. The molecule has 3 rings (SSSR count). The monoisotopic (exact) mass is 290 g/mol. The number of para-hydroxylation sites is 1. The average Bonchev–Trinajstić information content (AvgIpc) is 2.72. The summed E-state index contributed by atoms with van der Waals surface area (Å²) >= 11 is 0. The number of halogens is 1. The number of nitrogens with zero attached hydrogens (tertiary/aromatic N) is 2. The number of ketones is 1. The van der Waals surface area contributed by atoms with Gasteiger partial charge < -0.3 is 9.80 Å². The number of carbonyl (C=O) groups excluding carboxylic acids is 2. The first-order valence-corrected chi connectivity index (χ1v) is 7.44. The second-order valence-corrected chi connectivity index (χ2v) is 5.84. The molecule has 1 aromatic rings. The first-order chi connectivity index (χ1) is 10.1. The number of Topliss-reactive ketones (excluding diaryl/α,β-unsaturated/α-hetero) is 1. The van der Waals surface area contributed by atoms with E-state index < -0.39 is 17.5 Å². The topological polar surface area (TPSA) is 40.6 Å². The van der Waals surface area contributed by atoms with Crippen molar-refractivity contribution in [2.75, 3.05) is 25.0 Å². The minimum Gasteiger partial charge on any atom is -0.303 e. The number of hydrogen-bond donors (Lipinski definition) is 0. The van der Waals surface area contributed by atoms with Crippen molar-refractivity contribution in [1.29, 1.82) is 0 Å². The Bertz CT molecular complexity index is 588. The Morgan fingerprint density at radius 3 is 2.86 bits per heavy atom. The highest BCUT2D eigenvalue weighted by Crippen LogP contribution is 2.32. The molecule has 1 fully saturated rings. The Labute approximate surface area is 123 Å². The van der Waals surface area contributed by atoms with E-state index in [-0.39, 0.29) is 11.3 Å². The summed E-state index contributed by atoms with van der Waals surface area (Å²) in [7, 11) is 2.08. The van der Waals surface area contributed by atoms with Crippen LogP contribution in [0.2, 0.25) is 0 Å². The van der Waals surface area contributed by atoms with E-state index in [0.717, 1.165) is 19.4 Å². The highest BCUT2D eigenvalue weighted by Gasteiger charge is 2.38. The van der Waals surface area contributed by atoms with E-state index in [1.807, 2.05) is 0 Å². The van der Waals surface area contributed by atoms with E-state index in [0.29, 0.717) is 12.6 Å². The molecule has 0 spiro atoms. The zero-order valence-corrected chi connectivity index (χ0v) is 12.1.